The van der Waals surface area contributed by atoms with Gasteiger partial charge in [0, 0.05) is 10.5 Å². The molecule has 6 nitrogen and oxygen atoms in total. The number of ether oxygens (including phenoxy) is 1. The molecule has 0 unspecified atom stereocenters. The Labute approximate surface area is 145 Å². The number of hydrogen-bond donors (Lipinski definition) is 2. The van der Waals surface area contributed by atoms with Gasteiger partial charge in [0.05, 0.1) is 17.7 Å². The molecular formula is C14H12BrN3O3S2. The highest BCUT2D eigenvalue weighted by Gasteiger charge is 2.21. The average Bonchev–Trinajstić information content (AvgIpc) is 3.17. The maximum atomic E-state index is 12.6. The lowest BCUT2D eigenvalue weighted by Gasteiger charge is -2.10. The number of aromatic nitrogens is 2. The molecule has 2 N–H and O–H groups in total. The summed E-state index contributed by atoms with van der Waals surface area (Å²) in [6, 6.07) is 10.3. The quantitative estimate of drug-likeness (QED) is 0.667. The summed E-state index contributed by atoms with van der Waals surface area (Å²) in [7, 11) is -2.40. The molecule has 3 aromatic rings. The van der Waals surface area contributed by atoms with E-state index >= 15 is 0 Å². The van der Waals surface area contributed by atoms with E-state index in [-0.39, 0.29) is 16.5 Å². The second-order valence-corrected chi connectivity index (χ2v) is 8.06. The number of sulfonamides is 1. The first-order valence-corrected chi connectivity index (χ1v) is 9.61. The van der Waals surface area contributed by atoms with Crippen LogP contribution in [-0.4, -0.2) is 25.7 Å². The van der Waals surface area contributed by atoms with Gasteiger partial charge in [-0.2, -0.15) is 5.10 Å². The summed E-state index contributed by atoms with van der Waals surface area (Å²) in [5.74, 6) is 0.477. The van der Waals surface area contributed by atoms with Crippen molar-refractivity contribution >= 4 is 43.1 Å². The molecule has 0 bridgehead atoms. The Morgan fingerprint density at radius 2 is 2.13 bits per heavy atom. The topological polar surface area (TPSA) is 84.1 Å². The second-order valence-electron chi connectivity index (χ2n) is 4.54. The summed E-state index contributed by atoms with van der Waals surface area (Å²) in [5, 5.41) is 8.75. The number of anilines is 1. The van der Waals surface area contributed by atoms with Crippen LogP contribution in [0.25, 0.3) is 10.6 Å². The first-order chi connectivity index (χ1) is 11.0. The monoisotopic (exact) mass is 413 g/mol. The van der Waals surface area contributed by atoms with Crippen molar-refractivity contribution in [1.82, 2.24) is 10.2 Å². The van der Waals surface area contributed by atoms with Crippen LogP contribution in [-0.2, 0) is 10.0 Å². The molecule has 2 aromatic heterocycles. The van der Waals surface area contributed by atoms with Crippen LogP contribution in [0, 0.1) is 0 Å². The zero-order valence-electron chi connectivity index (χ0n) is 11.9. The van der Waals surface area contributed by atoms with Crippen molar-refractivity contribution in [3.8, 4) is 16.3 Å². The Balaban J connectivity index is 1.91. The minimum atomic E-state index is -3.82. The van der Waals surface area contributed by atoms with E-state index in [1.807, 2.05) is 17.5 Å². The highest BCUT2D eigenvalue weighted by Crippen LogP contribution is 2.30. The predicted octanol–water partition coefficient (Wildman–Crippen LogP) is 3.71. The van der Waals surface area contributed by atoms with Gasteiger partial charge in [0.15, 0.2) is 5.82 Å². The van der Waals surface area contributed by atoms with E-state index in [0.29, 0.717) is 4.47 Å². The number of nitrogens with one attached hydrogen (secondary N) is 2. The van der Waals surface area contributed by atoms with Gasteiger partial charge in [0.25, 0.3) is 10.0 Å². The minimum absolute atomic E-state index is 0.0371. The van der Waals surface area contributed by atoms with E-state index < -0.39 is 10.0 Å². The predicted molar refractivity (Wildman–Crippen MR) is 93.4 cm³/mol. The van der Waals surface area contributed by atoms with E-state index in [4.69, 9.17) is 4.74 Å². The molecule has 0 aliphatic heterocycles. The third-order valence-electron chi connectivity index (χ3n) is 3.02. The molecule has 0 fully saturated rings. The van der Waals surface area contributed by atoms with Crippen molar-refractivity contribution in [2.75, 3.05) is 11.8 Å². The van der Waals surface area contributed by atoms with Crippen molar-refractivity contribution in [1.29, 1.82) is 0 Å². The van der Waals surface area contributed by atoms with Gasteiger partial charge in [-0.15, -0.1) is 11.3 Å². The van der Waals surface area contributed by atoms with Gasteiger partial charge in [-0.05, 0) is 29.6 Å². The van der Waals surface area contributed by atoms with Crippen LogP contribution in [0.3, 0.4) is 0 Å². The number of nitrogens with zero attached hydrogens (tertiary/aromatic N) is 1. The molecular weight excluding hydrogens is 402 g/mol. The molecule has 2 heterocycles. The summed E-state index contributed by atoms with van der Waals surface area (Å²) < 4.78 is 33.3. The average molecular weight is 414 g/mol. The molecule has 0 amide bonds. The van der Waals surface area contributed by atoms with Crippen LogP contribution < -0.4 is 9.46 Å². The number of benzene rings is 1. The molecule has 3 rings (SSSR count). The lowest BCUT2D eigenvalue weighted by atomic mass is 10.3. The van der Waals surface area contributed by atoms with Gasteiger partial charge in [-0.1, -0.05) is 22.0 Å². The maximum Gasteiger partial charge on any atom is 0.266 e. The number of rotatable bonds is 5. The fourth-order valence-corrected chi connectivity index (χ4v) is 4.38. The van der Waals surface area contributed by atoms with E-state index in [1.54, 1.807) is 18.2 Å². The van der Waals surface area contributed by atoms with Gasteiger partial charge in [0.2, 0.25) is 0 Å². The number of aromatic amines is 1. The number of H-pyrrole nitrogens is 1. The van der Waals surface area contributed by atoms with Crippen molar-refractivity contribution in [2.45, 2.75) is 4.90 Å². The highest BCUT2D eigenvalue weighted by molar-refractivity contribution is 9.10. The SMILES string of the molecule is COc1ccc(Br)cc1S(=O)(=O)Nc1cc(-c2cccs2)[nH]n1. The Hall–Kier alpha value is -1.84. The first kappa shape index (κ1) is 16.0. The molecule has 120 valence electrons. The van der Waals surface area contributed by atoms with Gasteiger partial charge >= 0.3 is 0 Å². The minimum Gasteiger partial charge on any atom is -0.495 e. The fraction of sp³-hybridized carbons (Fsp3) is 0.0714. The molecule has 0 spiro atoms. The lowest BCUT2D eigenvalue weighted by Crippen LogP contribution is -2.14. The molecule has 0 aliphatic carbocycles. The fourth-order valence-electron chi connectivity index (χ4n) is 1.99. The standard InChI is InChI=1S/C14H12BrN3O3S2/c1-21-11-5-4-9(15)7-13(11)23(19,20)18-14-8-10(16-17-14)12-3-2-6-22-12/h2-8H,1H3,(H2,16,17,18). The smallest absolute Gasteiger partial charge is 0.266 e. The molecule has 1 aromatic carbocycles. The summed E-state index contributed by atoms with van der Waals surface area (Å²) in [6.07, 6.45) is 0. The highest BCUT2D eigenvalue weighted by atomic mass is 79.9. The summed E-state index contributed by atoms with van der Waals surface area (Å²) >= 11 is 4.80. The van der Waals surface area contributed by atoms with E-state index in [1.165, 1.54) is 24.5 Å². The molecule has 0 atom stereocenters. The van der Waals surface area contributed by atoms with Crippen LogP contribution in [0.1, 0.15) is 0 Å². The van der Waals surface area contributed by atoms with E-state index in [0.717, 1.165) is 10.6 Å². The lowest BCUT2D eigenvalue weighted by molar-refractivity contribution is 0.403. The van der Waals surface area contributed by atoms with E-state index in [9.17, 15) is 8.42 Å². The van der Waals surface area contributed by atoms with Gasteiger partial charge < -0.3 is 4.74 Å². The third-order valence-corrected chi connectivity index (χ3v) is 5.79. The molecule has 0 saturated carbocycles. The zero-order valence-corrected chi connectivity index (χ0v) is 15.1. The summed E-state index contributed by atoms with van der Waals surface area (Å²) in [5.41, 5.74) is 0.749. The van der Waals surface area contributed by atoms with Crippen molar-refractivity contribution < 1.29 is 13.2 Å². The second kappa shape index (κ2) is 6.34. The number of thiophene rings is 1. The Bertz CT molecular complexity index is 921. The first-order valence-electron chi connectivity index (χ1n) is 6.45. The third kappa shape index (κ3) is 3.41. The van der Waals surface area contributed by atoms with Crippen LogP contribution in [0.4, 0.5) is 5.82 Å². The van der Waals surface area contributed by atoms with E-state index in [2.05, 4.69) is 30.8 Å². The molecule has 0 aliphatic rings. The molecule has 0 radical (unpaired) electrons. The van der Waals surface area contributed by atoms with Crippen molar-refractivity contribution in [3.63, 3.8) is 0 Å². The van der Waals surface area contributed by atoms with Gasteiger partial charge in [-0.25, -0.2) is 8.42 Å². The largest absolute Gasteiger partial charge is 0.495 e. The normalized spacial score (nSPS) is 11.4. The Morgan fingerprint density at radius 1 is 1.30 bits per heavy atom. The van der Waals surface area contributed by atoms with Crippen LogP contribution in [0.2, 0.25) is 0 Å². The molecule has 23 heavy (non-hydrogen) atoms. The van der Waals surface area contributed by atoms with Crippen LogP contribution in [0.15, 0.2) is 51.1 Å². The van der Waals surface area contributed by atoms with Gasteiger partial charge in [-0.3, -0.25) is 9.82 Å². The van der Waals surface area contributed by atoms with Crippen molar-refractivity contribution in [2.24, 2.45) is 0 Å². The number of halogens is 1. The van der Waals surface area contributed by atoms with Crippen LogP contribution in [0.5, 0.6) is 5.75 Å². The number of hydrogen-bond acceptors (Lipinski definition) is 5. The van der Waals surface area contributed by atoms with Crippen molar-refractivity contribution in [3.05, 3.63) is 46.3 Å². The van der Waals surface area contributed by atoms with Gasteiger partial charge in [0.1, 0.15) is 10.6 Å². The molecule has 9 heteroatoms. The molecule has 0 saturated heterocycles. The number of methoxy groups -OCH3 is 1. The summed E-state index contributed by atoms with van der Waals surface area (Å²) in [6.45, 7) is 0. The maximum absolute atomic E-state index is 12.6. The zero-order chi connectivity index (χ0) is 16.4. The van der Waals surface area contributed by atoms with Crippen LogP contribution >= 0.6 is 27.3 Å². The summed E-state index contributed by atoms with van der Waals surface area (Å²) in [4.78, 5) is 1.01. The Morgan fingerprint density at radius 3 is 2.83 bits per heavy atom. The Kier molecular flexibility index (Phi) is 4.42.